The number of nitriles is 1. The fourth-order valence-corrected chi connectivity index (χ4v) is 1.51. The molecule has 0 saturated heterocycles. The van der Waals surface area contributed by atoms with Crippen molar-refractivity contribution in [3.8, 4) is 17.6 Å². The number of hydrogen-bond donors (Lipinski definition) is 0. The van der Waals surface area contributed by atoms with E-state index in [4.69, 9.17) is 10.00 Å². The third kappa shape index (κ3) is 2.26. The molecular formula is C14H12N2O. The van der Waals surface area contributed by atoms with Crippen LogP contribution in [0.3, 0.4) is 0 Å². The summed E-state index contributed by atoms with van der Waals surface area (Å²) in [5, 5.41) is 8.96. The van der Waals surface area contributed by atoms with Crippen molar-refractivity contribution < 1.29 is 4.74 Å². The van der Waals surface area contributed by atoms with E-state index in [1.807, 2.05) is 32.0 Å². The maximum absolute atomic E-state index is 8.96. The Hall–Kier alpha value is -2.34. The second-order valence-electron chi connectivity index (χ2n) is 3.78. The number of pyridine rings is 1. The van der Waals surface area contributed by atoms with Gasteiger partial charge in [-0.05, 0) is 37.1 Å². The molecule has 0 fully saturated rings. The highest BCUT2D eigenvalue weighted by atomic mass is 16.5. The molecule has 0 atom stereocenters. The summed E-state index contributed by atoms with van der Waals surface area (Å²) in [7, 11) is 0. The van der Waals surface area contributed by atoms with Crippen LogP contribution in [0.1, 0.15) is 16.7 Å². The van der Waals surface area contributed by atoms with Gasteiger partial charge in [0.15, 0.2) is 5.75 Å². The predicted octanol–water partition coefficient (Wildman–Crippen LogP) is 3.36. The van der Waals surface area contributed by atoms with Gasteiger partial charge in [-0.25, -0.2) is 0 Å². The summed E-state index contributed by atoms with van der Waals surface area (Å²) in [5.74, 6) is 1.25. The smallest absolute Gasteiger partial charge is 0.163 e. The molecule has 0 radical (unpaired) electrons. The molecule has 3 heteroatoms. The van der Waals surface area contributed by atoms with Crippen LogP contribution in [0.2, 0.25) is 0 Å². The average molecular weight is 224 g/mol. The van der Waals surface area contributed by atoms with E-state index >= 15 is 0 Å². The lowest BCUT2D eigenvalue weighted by molar-refractivity contribution is 0.474. The van der Waals surface area contributed by atoms with E-state index < -0.39 is 0 Å². The quantitative estimate of drug-likeness (QED) is 0.785. The molecule has 0 N–H and O–H groups in total. The molecule has 0 unspecified atom stereocenters. The molecule has 2 aromatic rings. The van der Waals surface area contributed by atoms with E-state index in [0.29, 0.717) is 11.3 Å². The zero-order valence-electron chi connectivity index (χ0n) is 9.77. The molecule has 0 amide bonds. The average Bonchev–Trinajstić information content (AvgIpc) is 2.35. The number of aromatic nitrogens is 1. The van der Waals surface area contributed by atoms with E-state index in [2.05, 4.69) is 11.1 Å². The van der Waals surface area contributed by atoms with Gasteiger partial charge in [-0.15, -0.1) is 0 Å². The standard InChI is InChI=1S/C14H12N2O/c1-10-4-3-5-13(11(10)2)17-14-9-16-7-6-12(14)8-15/h3-7,9H,1-2H3. The fraction of sp³-hybridized carbons (Fsp3) is 0.143. The molecule has 0 aliphatic carbocycles. The van der Waals surface area contributed by atoms with Gasteiger partial charge in [-0.2, -0.15) is 5.26 Å². The van der Waals surface area contributed by atoms with Gasteiger partial charge in [0.25, 0.3) is 0 Å². The molecule has 1 aromatic carbocycles. The van der Waals surface area contributed by atoms with Gasteiger partial charge >= 0.3 is 0 Å². The predicted molar refractivity (Wildman–Crippen MR) is 64.9 cm³/mol. The minimum absolute atomic E-state index is 0.487. The molecular weight excluding hydrogens is 212 g/mol. The third-order valence-electron chi connectivity index (χ3n) is 2.68. The molecule has 0 aliphatic rings. The highest BCUT2D eigenvalue weighted by Crippen LogP contribution is 2.28. The van der Waals surface area contributed by atoms with Crippen molar-refractivity contribution in [1.82, 2.24) is 4.98 Å². The van der Waals surface area contributed by atoms with Crippen molar-refractivity contribution in [3.63, 3.8) is 0 Å². The van der Waals surface area contributed by atoms with E-state index in [9.17, 15) is 0 Å². The largest absolute Gasteiger partial charge is 0.454 e. The van der Waals surface area contributed by atoms with E-state index in [1.165, 1.54) is 0 Å². The van der Waals surface area contributed by atoms with Crippen LogP contribution >= 0.6 is 0 Å². The normalized spacial score (nSPS) is 9.71. The molecule has 1 heterocycles. The summed E-state index contributed by atoms with van der Waals surface area (Å²) in [6, 6.07) is 9.56. The highest BCUT2D eigenvalue weighted by molar-refractivity contribution is 5.46. The Kier molecular flexibility index (Phi) is 3.06. The van der Waals surface area contributed by atoms with Crippen LogP contribution in [0.5, 0.6) is 11.5 Å². The van der Waals surface area contributed by atoms with Crippen molar-refractivity contribution in [2.75, 3.05) is 0 Å². The molecule has 84 valence electrons. The first-order valence-corrected chi connectivity index (χ1v) is 5.30. The number of nitrogens with zero attached hydrogens (tertiary/aromatic N) is 2. The van der Waals surface area contributed by atoms with Crippen LogP contribution in [0.4, 0.5) is 0 Å². The van der Waals surface area contributed by atoms with Crippen molar-refractivity contribution >= 4 is 0 Å². The number of aryl methyl sites for hydroxylation is 1. The van der Waals surface area contributed by atoms with Crippen molar-refractivity contribution in [2.45, 2.75) is 13.8 Å². The first-order chi connectivity index (χ1) is 8.22. The van der Waals surface area contributed by atoms with Crippen LogP contribution in [0, 0.1) is 25.2 Å². The van der Waals surface area contributed by atoms with Gasteiger partial charge in [0.05, 0.1) is 11.8 Å². The molecule has 3 nitrogen and oxygen atoms in total. The van der Waals surface area contributed by atoms with E-state index in [-0.39, 0.29) is 0 Å². The Morgan fingerprint density at radius 1 is 1.18 bits per heavy atom. The van der Waals surface area contributed by atoms with Crippen LogP contribution in [-0.2, 0) is 0 Å². The SMILES string of the molecule is Cc1cccc(Oc2cnccc2C#N)c1C. The van der Waals surface area contributed by atoms with Gasteiger partial charge in [0, 0.05) is 6.20 Å². The van der Waals surface area contributed by atoms with Gasteiger partial charge < -0.3 is 4.74 Å². The van der Waals surface area contributed by atoms with E-state index in [0.717, 1.165) is 16.9 Å². The van der Waals surface area contributed by atoms with Gasteiger partial charge in [0.2, 0.25) is 0 Å². The summed E-state index contributed by atoms with van der Waals surface area (Å²) in [6.45, 7) is 4.02. The number of rotatable bonds is 2. The van der Waals surface area contributed by atoms with E-state index in [1.54, 1.807) is 18.5 Å². The molecule has 1 aromatic heterocycles. The highest BCUT2D eigenvalue weighted by Gasteiger charge is 2.07. The zero-order valence-corrected chi connectivity index (χ0v) is 9.77. The summed E-state index contributed by atoms with van der Waals surface area (Å²) in [6.07, 6.45) is 3.13. The topological polar surface area (TPSA) is 45.9 Å². The summed E-state index contributed by atoms with van der Waals surface area (Å²) < 4.78 is 5.73. The summed E-state index contributed by atoms with van der Waals surface area (Å²) in [5.41, 5.74) is 2.71. The maximum Gasteiger partial charge on any atom is 0.163 e. The zero-order chi connectivity index (χ0) is 12.3. The molecule has 0 bridgehead atoms. The Morgan fingerprint density at radius 3 is 2.76 bits per heavy atom. The van der Waals surface area contributed by atoms with Gasteiger partial charge in [-0.1, -0.05) is 12.1 Å². The summed E-state index contributed by atoms with van der Waals surface area (Å²) >= 11 is 0. The molecule has 17 heavy (non-hydrogen) atoms. The van der Waals surface area contributed by atoms with Gasteiger partial charge in [0.1, 0.15) is 11.8 Å². The van der Waals surface area contributed by atoms with Crippen LogP contribution in [-0.4, -0.2) is 4.98 Å². The van der Waals surface area contributed by atoms with Crippen LogP contribution in [0.15, 0.2) is 36.7 Å². The number of hydrogen-bond acceptors (Lipinski definition) is 3. The Balaban J connectivity index is 2.39. The number of benzene rings is 1. The monoisotopic (exact) mass is 224 g/mol. The third-order valence-corrected chi connectivity index (χ3v) is 2.68. The molecule has 0 spiro atoms. The molecule has 0 aliphatic heterocycles. The van der Waals surface area contributed by atoms with Crippen molar-refractivity contribution in [1.29, 1.82) is 5.26 Å². The van der Waals surface area contributed by atoms with Crippen molar-refractivity contribution in [3.05, 3.63) is 53.3 Å². The van der Waals surface area contributed by atoms with Crippen LogP contribution in [0.25, 0.3) is 0 Å². The second kappa shape index (κ2) is 4.67. The number of ether oxygens (including phenoxy) is 1. The Bertz CT molecular complexity index is 585. The molecule has 0 saturated carbocycles. The molecule has 2 rings (SSSR count). The van der Waals surface area contributed by atoms with Crippen molar-refractivity contribution in [2.24, 2.45) is 0 Å². The minimum Gasteiger partial charge on any atom is -0.454 e. The Labute approximate surface area is 100 Å². The van der Waals surface area contributed by atoms with Gasteiger partial charge in [-0.3, -0.25) is 4.98 Å². The first-order valence-electron chi connectivity index (χ1n) is 5.30. The maximum atomic E-state index is 8.96. The lowest BCUT2D eigenvalue weighted by Crippen LogP contribution is -1.92. The minimum atomic E-state index is 0.487. The lowest BCUT2D eigenvalue weighted by atomic mass is 10.1. The summed E-state index contributed by atoms with van der Waals surface area (Å²) in [4.78, 5) is 3.97. The first kappa shape index (κ1) is 11.2. The fourth-order valence-electron chi connectivity index (χ4n) is 1.51. The Morgan fingerprint density at radius 2 is 2.00 bits per heavy atom. The van der Waals surface area contributed by atoms with Crippen LogP contribution < -0.4 is 4.74 Å². The lowest BCUT2D eigenvalue weighted by Gasteiger charge is -2.10. The second-order valence-corrected chi connectivity index (χ2v) is 3.78.